The Hall–Kier alpha value is -2.77. The summed E-state index contributed by atoms with van der Waals surface area (Å²) >= 11 is 0. The molecule has 134 valence electrons. The van der Waals surface area contributed by atoms with E-state index in [0.29, 0.717) is 24.3 Å². The third-order valence-electron chi connectivity index (χ3n) is 3.30. The number of hydrogen-bond acceptors (Lipinski definition) is 4. The Morgan fingerprint density at radius 1 is 1.20 bits per heavy atom. The number of halogens is 3. The first-order valence-corrected chi connectivity index (χ1v) is 7.46. The zero-order valence-electron chi connectivity index (χ0n) is 13.7. The van der Waals surface area contributed by atoms with Crippen molar-refractivity contribution in [3.8, 4) is 11.5 Å². The van der Waals surface area contributed by atoms with Crippen molar-refractivity contribution in [3.63, 3.8) is 0 Å². The molecule has 0 aliphatic rings. The number of amides is 1. The lowest BCUT2D eigenvalue weighted by Crippen LogP contribution is -2.24. The predicted octanol–water partition coefficient (Wildman–Crippen LogP) is 3.44. The van der Waals surface area contributed by atoms with Gasteiger partial charge in [-0.15, -0.1) is 0 Å². The van der Waals surface area contributed by atoms with Crippen LogP contribution in [0.5, 0.6) is 11.5 Å². The average Bonchev–Trinajstić information content (AvgIpc) is 2.60. The van der Waals surface area contributed by atoms with Crippen molar-refractivity contribution in [1.29, 1.82) is 0 Å². The van der Waals surface area contributed by atoms with Gasteiger partial charge in [-0.1, -0.05) is 6.07 Å². The van der Waals surface area contributed by atoms with E-state index in [2.05, 4.69) is 10.3 Å². The summed E-state index contributed by atoms with van der Waals surface area (Å²) in [5, 5.41) is 2.60. The fraction of sp³-hybridized carbons (Fsp3) is 0.294. The van der Waals surface area contributed by atoms with E-state index in [4.69, 9.17) is 9.47 Å². The van der Waals surface area contributed by atoms with Gasteiger partial charge < -0.3 is 14.8 Å². The Morgan fingerprint density at radius 3 is 2.52 bits per heavy atom. The van der Waals surface area contributed by atoms with Crippen LogP contribution < -0.4 is 14.8 Å². The standard InChI is InChI=1S/C17H17F3N2O3/c1-3-25-14-7-4-11(8-15(14)24-2)9-22-16(23)13-6-5-12(10-21-13)17(18,19)20/h4-8,10H,3,9H2,1-2H3,(H,22,23). The summed E-state index contributed by atoms with van der Waals surface area (Å²) in [5.74, 6) is 0.548. The molecule has 1 N–H and O–H groups in total. The van der Waals surface area contributed by atoms with Gasteiger partial charge in [0.1, 0.15) is 5.69 Å². The highest BCUT2D eigenvalue weighted by Crippen LogP contribution is 2.29. The van der Waals surface area contributed by atoms with E-state index in [9.17, 15) is 18.0 Å². The van der Waals surface area contributed by atoms with Gasteiger partial charge in [-0.3, -0.25) is 9.78 Å². The number of nitrogens with one attached hydrogen (secondary N) is 1. The van der Waals surface area contributed by atoms with Crippen LogP contribution in [0.1, 0.15) is 28.5 Å². The molecule has 8 heteroatoms. The first-order chi connectivity index (χ1) is 11.8. The summed E-state index contributed by atoms with van der Waals surface area (Å²) < 4.78 is 48.1. The summed E-state index contributed by atoms with van der Waals surface area (Å²) in [5.41, 5.74) is -0.244. The number of aromatic nitrogens is 1. The monoisotopic (exact) mass is 354 g/mol. The molecule has 1 amide bonds. The molecule has 0 spiro atoms. The molecule has 1 heterocycles. The maximum atomic E-state index is 12.5. The zero-order chi connectivity index (χ0) is 18.4. The largest absolute Gasteiger partial charge is 0.493 e. The molecule has 0 aliphatic carbocycles. The Kier molecular flexibility index (Phi) is 5.84. The molecule has 1 aromatic heterocycles. The van der Waals surface area contributed by atoms with Crippen LogP contribution in [0.25, 0.3) is 0 Å². The topological polar surface area (TPSA) is 60.5 Å². The van der Waals surface area contributed by atoms with Crippen LogP contribution in [-0.4, -0.2) is 24.6 Å². The molecule has 1 aromatic carbocycles. The normalized spacial score (nSPS) is 11.1. The zero-order valence-corrected chi connectivity index (χ0v) is 13.7. The van der Waals surface area contributed by atoms with E-state index >= 15 is 0 Å². The first-order valence-electron chi connectivity index (χ1n) is 7.46. The van der Waals surface area contributed by atoms with Crippen LogP contribution in [0.15, 0.2) is 36.5 Å². The van der Waals surface area contributed by atoms with Crippen molar-refractivity contribution >= 4 is 5.91 Å². The van der Waals surface area contributed by atoms with Crippen LogP contribution >= 0.6 is 0 Å². The highest BCUT2D eigenvalue weighted by atomic mass is 19.4. The fourth-order valence-corrected chi connectivity index (χ4v) is 2.07. The fourth-order valence-electron chi connectivity index (χ4n) is 2.07. The molecule has 0 aliphatic heterocycles. The summed E-state index contributed by atoms with van der Waals surface area (Å²) in [7, 11) is 1.51. The number of nitrogens with zero attached hydrogens (tertiary/aromatic N) is 1. The smallest absolute Gasteiger partial charge is 0.417 e. The molecule has 0 atom stereocenters. The molecule has 5 nitrogen and oxygen atoms in total. The van der Waals surface area contributed by atoms with Gasteiger partial charge in [0.15, 0.2) is 11.5 Å². The highest BCUT2D eigenvalue weighted by molar-refractivity contribution is 5.92. The summed E-state index contributed by atoms with van der Waals surface area (Å²) in [6, 6.07) is 7.05. The van der Waals surface area contributed by atoms with Gasteiger partial charge >= 0.3 is 6.18 Å². The van der Waals surface area contributed by atoms with E-state index in [1.165, 1.54) is 7.11 Å². The second-order valence-corrected chi connectivity index (χ2v) is 5.03. The number of carbonyl (C=O) groups excluding carboxylic acids is 1. The van der Waals surface area contributed by atoms with Crippen LogP contribution in [0.2, 0.25) is 0 Å². The van der Waals surface area contributed by atoms with E-state index in [0.717, 1.165) is 17.7 Å². The second-order valence-electron chi connectivity index (χ2n) is 5.03. The van der Waals surface area contributed by atoms with Gasteiger partial charge in [0.05, 0.1) is 19.3 Å². The average molecular weight is 354 g/mol. The molecule has 0 radical (unpaired) electrons. The first kappa shape index (κ1) is 18.6. The SMILES string of the molecule is CCOc1ccc(CNC(=O)c2ccc(C(F)(F)F)cn2)cc1OC. The third kappa shape index (κ3) is 4.85. The minimum absolute atomic E-state index is 0.0918. The number of benzene rings is 1. The van der Waals surface area contributed by atoms with Gasteiger partial charge in [-0.05, 0) is 36.8 Å². The van der Waals surface area contributed by atoms with Crippen molar-refractivity contribution in [2.75, 3.05) is 13.7 Å². The quantitative estimate of drug-likeness (QED) is 0.863. The lowest BCUT2D eigenvalue weighted by Gasteiger charge is -2.11. The van der Waals surface area contributed by atoms with Gasteiger partial charge in [0.25, 0.3) is 5.91 Å². The molecular formula is C17H17F3N2O3. The van der Waals surface area contributed by atoms with Crippen molar-refractivity contribution in [3.05, 3.63) is 53.3 Å². The number of methoxy groups -OCH3 is 1. The molecule has 0 saturated carbocycles. The molecule has 0 fully saturated rings. The van der Waals surface area contributed by atoms with Gasteiger partial charge in [-0.25, -0.2) is 0 Å². The van der Waals surface area contributed by atoms with E-state index < -0.39 is 17.6 Å². The number of rotatable bonds is 6. The van der Waals surface area contributed by atoms with Crippen LogP contribution in [0, 0.1) is 0 Å². The molecule has 0 unspecified atom stereocenters. The van der Waals surface area contributed by atoms with Crippen LogP contribution in [0.4, 0.5) is 13.2 Å². The molecular weight excluding hydrogens is 337 g/mol. The van der Waals surface area contributed by atoms with Crippen molar-refractivity contribution in [2.24, 2.45) is 0 Å². The number of carbonyl (C=O) groups is 1. The molecule has 0 bridgehead atoms. The predicted molar refractivity (Wildman–Crippen MR) is 84.6 cm³/mol. The van der Waals surface area contributed by atoms with Gasteiger partial charge in [0, 0.05) is 12.7 Å². The summed E-state index contributed by atoms with van der Waals surface area (Å²) in [6.45, 7) is 2.51. The second kappa shape index (κ2) is 7.87. The minimum Gasteiger partial charge on any atom is -0.493 e. The van der Waals surface area contributed by atoms with Gasteiger partial charge in [0.2, 0.25) is 0 Å². The van der Waals surface area contributed by atoms with Crippen molar-refractivity contribution < 1.29 is 27.4 Å². The maximum Gasteiger partial charge on any atom is 0.417 e. The van der Waals surface area contributed by atoms with Crippen LogP contribution in [0.3, 0.4) is 0 Å². The Labute approximate surface area is 142 Å². The van der Waals surface area contributed by atoms with E-state index in [-0.39, 0.29) is 12.2 Å². The van der Waals surface area contributed by atoms with E-state index in [1.54, 1.807) is 18.2 Å². The molecule has 2 rings (SSSR count). The number of pyridine rings is 1. The maximum absolute atomic E-state index is 12.5. The van der Waals surface area contributed by atoms with Crippen molar-refractivity contribution in [1.82, 2.24) is 10.3 Å². The molecule has 25 heavy (non-hydrogen) atoms. The number of alkyl halides is 3. The number of ether oxygens (including phenoxy) is 2. The molecule has 0 saturated heterocycles. The summed E-state index contributed by atoms with van der Waals surface area (Å²) in [4.78, 5) is 15.5. The Bertz CT molecular complexity index is 731. The van der Waals surface area contributed by atoms with Crippen LogP contribution in [-0.2, 0) is 12.7 Å². The summed E-state index contributed by atoms with van der Waals surface area (Å²) in [6.07, 6.45) is -3.85. The Balaban J connectivity index is 2.02. The minimum atomic E-state index is -4.49. The lowest BCUT2D eigenvalue weighted by molar-refractivity contribution is -0.137. The molecule has 2 aromatic rings. The number of hydrogen-bond donors (Lipinski definition) is 1. The van der Waals surface area contributed by atoms with Gasteiger partial charge in [-0.2, -0.15) is 13.2 Å². The Morgan fingerprint density at radius 2 is 1.96 bits per heavy atom. The lowest BCUT2D eigenvalue weighted by atomic mass is 10.2. The van der Waals surface area contributed by atoms with Crippen molar-refractivity contribution in [2.45, 2.75) is 19.6 Å². The highest BCUT2D eigenvalue weighted by Gasteiger charge is 2.30. The third-order valence-corrected chi connectivity index (χ3v) is 3.30. The van der Waals surface area contributed by atoms with E-state index in [1.807, 2.05) is 6.92 Å².